The molecular weight excluding hydrogens is 392 g/mol. The number of benzene rings is 2. The molecule has 8 heteroatoms. The molecule has 1 N–H and O–H groups in total. The van der Waals surface area contributed by atoms with Gasteiger partial charge >= 0.3 is 0 Å². The molecule has 3 rings (SSSR count). The van der Waals surface area contributed by atoms with Gasteiger partial charge in [0.2, 0.25) is 10.0 Å². The van der Waals surface area contributed by atoms with Gasteiger partial charge in [-0.15, -0.1) is 0 Å². The van der Waals surface area contributed by atoms with Crippen molar-refractivity contribution >= 4 is 15.9 Å². The molecule has 0 unspecified atom stereocenters. The van der Waals surface area contributed by atoms with E-state index in [0.29, 0.717) is 36.7 Å². The fraction of sp³-hybridized carbons (Fsp3) is 0.381. The Morgan fingerprint density at radius 2 is 1.76 bits per heavy atom. The summed E-state index contributed by atoms with van der Waals surface area (Å²) in [5, 5.41) is 2.78. The van der Waals surface area contributed by atoms with Gasteiger partial charge in [0.25, 0.3) is 5.91 Å². The predicted octanol–water partition coefficient (Wildman–Crippen LogP) is 2.68. The molecule has 1 aliphatic heterocycles. The number of sulfonamides is 1. The lowest BCUT2D eigenvalue weighted by Crippen LogP contribution is -2.35. The largest absolute Gasteiger partial charge is 0.497 e. The minimum atomic E-state index is -3.44. The smallest absolute Gasteiger partial charge is 0.251 e. The molecule has 7 nitrogen and oxygen atoms in total. The molecule has 0 bridgehead atoms. The van der Waals surface area contributed by atoms with Crippen molar-refractivity contribution in [2.75, 3.05) is 33.4 Å². The topological polar surface area (TPSA) is 84.9 Å². The van der Waals surface area contributed by atoms with Crippen molar-refractivity contribution in [2.24, 2.45) is 0 Å². The van der Waals surface area contributed by atoms with Crippen molar-refractivity contribution in [1.29, 1.82) is 0 Å². The van der Waals surface area contributed by atoms with Crippen molar-refractivity contribution in [1.82, 2.24) is 9.62 Å². The number of nitrogens with zero attached hydrogens (tertiary/aromatic N) is 1. The summed E-state index contributed by atoms with van der Waals surface area (Å²) in [5.41, 5.74) is 0.511. The lowest BCUT2D eigenvalue weighted by atomic mass is 10.2. The Labute approximate surface area is 171 Å². The zero-order valence-electron chi connectivity index (χ0n) is 16.5. The van der Waals surface area contributed by atoms with Gasteiger partial charge in [-0.1, -0.05) is 12.5 Å². The highest BCUT2D eigenvalue weighted by Gasteiger charge is 2.25. The van der Waals surface area contributed by atoms with Gasteiger partial charge in [0, 0.05) is 18.7 Å². The van der Waals surface area contributed by atoms with Crippen LogP contribution in [0.3, 0.4) is 0 Å². The third kappa shape index (κ3) is 5.48. The summed E-state index contributed by atoms with van der Waals surface area (Å²) in [6.07, 6.45) is 2.89. The fourth-order valence-corrected chi connectivity index (χ4v) is 4.68. The van der Waals surface area contributed by atoms with Gasteiger partial charge in [-0.05, 0) is 55.3 Å². The van der Waals surface area contributed by atoms with E-state index in [2.05, 4.69) is 5.32 Å². The van der Waals surface area contributed by atoms with Crippen LogP contribution in [-0.4, -0.2) is 52.0 Å². The number of ether oxygens (including phenoxy) is 2. The SMILES string of the molecule is COc1cccc(C(=O)NCCOc2ccc(S(=O)(=O)N3CCCCC3)cc2)c1. The number of carbonyl (C=O) groups excluding carboxylic acids is 1. The summed E-state index contributed by atoms with van der Waals surface area (Å²) in [5.74, 6) is 0.960. The molecule has 29 heavy (non-hydrogen) atoms. The van der Waals surface area contributed by atoms with Crippen LogP contribution in [0.25, 0.3) is 0 Å². The minimum absolute atomic E-state index is 0.213. The molecule has 0 spiro atoms. The van der Waals surface area contributed by atoms with Crippen LogP contribution in [0.15, 0.2) is 53.4 Å². The van der Waals surface area contributed by atoms with E-state index in [4.69, 9.17) is 9.47 Å². The van der Waals surface area contributed by atoms with E-state index >= 15 is 0 Å². The van der Waals surface area contributed by atoms with Crippen LogP contribution in [0.2, 0.25) is 0 Å². The predicted molar refractivity (Wildman–Crippen MR) is 110 cm³/mol. The second-order valence-electron chi connectivity index (χ2n) is 6.77. The van der Waals surface area contributed by atoms with Crippen LogP contribution in [0.5, 0.6) is 11.5 Å². The summed E-state index contributed by atoms with van der Waals surface area (Å²) >= 11 is 0. The molecule has 0 atom stereocenters. The molecule has 1 heterocycles. The normalized spacial score (nSPS) is 14.9. The first-order valence-electron chi connectivity index (χ1n) is 9.66. The standard InChI is InChI=1S/C21H26N2O5S/c1-27-19-7-5-6-17(16-19)21(24)22-12-15-28-18-8-10-20(11-9-18)29(25,26)23-13-3-2-4-14-23/h5-11,16H,2-4,12-15H2,1H3,(H,22,24). The zero-order chi connectivity index (χ0) is 20.7. The monoisotopic (exact) mass is 418 g/mol. The first-order chi connectivity index (χ1) is 14.0. The number of amides is 1. The van der Waals surface area contributed by atoms with E-state index in [-0.39, 0.29) is 17.4 Å². The summed E-state index contributed by atoms with van der Waals surface area (Å²) in [4.78, 5) is 12.4. The highest BCUT2D eigenvalue weighted by molar-refractivity contribution is 7.89. The number of hydrogen-bond acceptors (Lipinski definition) is 5. The molecule has 1 fully saturated rings. The van der Waals surface area contributed by atoms with Gasteiger partial charge in [0.1, 0.15) is 18.1 Å². The average molecular weight is 419 g/mol. The van der Waals surface area contributed by atoms with Crippen LogP contribution in [0, 0.1) is 0 Å². The highest BCUT2D eigenvalue weighted by atomic mass is 32.2. The third-order valence-corrected chi connectivity index (χ3v) is 6.68. The quantitative estimate of drug-likeness (QED) is 0.667. The highest BCUT2D eigenvalue weighted by Crippen LogP contribution is 2.22. The zero-order valence-corrected chi connectivity index (χ0v) is 17.3. The van der Waals surface area contributed by atoms with Gasteiger partial charge in [-0.3, -0.25) is 4.79 Å². The lowest BCUT2D eigenvalue weighted by Gasteiger charge is -2.25. The summed E-state index contributed by atoms with van der Waals surface area (Å²) in [7, 11) is -1.89. The number of piperidine rings is 1. The van der Waals surface area contributed by atoms with Gasteiger partial charge in [0.05, 0.1) is 18.6 Å². The number of carbonyl (C=O) groups is 1. The van der Waals surface area contributed by atoms with E-state index in [1.54, 1.807) is 59.9 Å². The lowest BCUT2D eigenvalue weighted by molar-refractivity contribution is 0.0946. The Morgan fingerprint density at radius 3 is 2.45 bits per heavy atom. The molecule has 2 aromatic carbocycles. The summed E-state index contributed by atoms with van der Waals surface area (Å²) in [6.45, 7) is 1.75. The first-order valence-corrected chi connectivity index (χ1v) is 11.1. The molecule has 0 aromatic heterocycles. The van der Waals surface area contributed by atoms with Crippen molar-refractivity contribution in [2.45, 2.75) is 24.2 Å². The van der Waals surface area contributed by atoms with E-state index in [9.17, 15) is 13.2 Å². The van der Waals surface area contributed by atoms with Crippen LogP contribution in [0.4, 0.5) is 0 Å². The average Bonchev–Trinajstić information content (AvgIpc) is 2.77. The maximum absolute atomic E-state index is 12.6. The van der Waals surface area contributed by atoms with Crippen LogP contribution in [0.1, 0.15) is 29.6 Å². The number of methoxy groups -OCH3 is 1. The molecule has 156 valence electrons. The van der Waals surface area contributed by atoms with Crippen molar-refractivity contribution in [3.63, 3.8) is 0 Å². The van der Waals surface area contributed by atoms with Gasteiger partial charge < -0.3 is 14.8 Å². The fourth-order valence-electron chi connectivity index (χ4n) is 3.16. The molecule has 0 saturated carbocycles. The van der Waals surface area contributed by atoms with E-state index in [1.807, 2.05) is 0 Å². The summed E-state index contributed by atoms with van der Waals surface area (Å²) in [6, 6.07) is 13.3. The van der Waals surface area contributed by atoms with Crippen LogP contribution >= 0.6 is 0 Å². The maximum Gasteiger partial charge on any atom is 0.251 e. The molecule has 2 aromatic rings. The summed E-state index contributed by atoms with van der Waals surface area (Å²) < 4.78 is 37.5. The minimum Gasteiger partial charge on any atom is -0.497 e. The van der Waals surface area contributed by atoms with E-state index in [0.717, 1.165) is 19.3 Å². The molecule has 1 amide bonds. The molecular formula is C21H26N2O5S. The number of nitrogens with one attached hydrogen (secondary N) is 1. The van der Waals surface area contributed by atoms with Crippen molar-refractivity contribution in [3.8, 4) is 11.5 Å². The van der Waals surface area contributed by atoms with Gasteiger partial charge in [0.15, 0.2) is 0 Å². The van der Waals surface area contributed by atoms with Crippen LogP contribution < -0.4 is 14.8 Å². The third-order valence-electron chi connectivity index (χ3n) is 4.76. The van der Waals surface area contributed by atoms with Gasteiger partial charge in [-0.25, -0.2) is 8.42 Å². The van der Waals surface area contributed by atoms with E-state index in [1.165, 1.54) is 0 Å². The second kappa shape index (κ2) is 9.76. The Kier molecular flexibility index (Phi) is 7.11. The first kappa shape index (κ1) is 21.1. The molecule has 0 aliphatic carbocycles. The van der Waals surface area contributed by atoms with Crippen LogP contribution in [-0.2, 0) is 10.0 Å². The molecule has 1 saturated heterocycles. The van der Waals surface area contributed by atoms with Gasteiger partial charge in [-0.2, -0.15) is 4.31 Å². The Hall–Kier alpha value is -2.58. The number of hydrogen-bond donors (Lipinski definition) is 1. The molecule has 0 radical (unpaired) electrons. The second-order valence-corrected chi connectivity index (χ2v) is 8.71. The van der Waals surface area contributed by atoms with Crippen molar-refractivity contribution < 1.29 is 22.7 Å². The van der Waals surface area contributed by atoms with E-state index < -0.39 is 10.0 Å². The van der Waals surface area contributed by atoms with Crippen molar-refractivity contribution in [3.05, 3.63) is 54.1 Å². The Morgan fingerprint density at radius 1 is 1.03 bits per heavy atom. The Bertz CT molecular complexity index is 922. The Balaban J connectivity index is 1.48. The number of rotatable bonds is 8. The maximum atomic E-state index is 12.6. The molecule has 1 aliphatic rings.